The SMILES string of the molecule is CCCn1c(SC(C)C(=O)N2CCNC2=O)nnc1-c1cccc(C)c1. The Balaban J connectivity index is 1.83. The number of aromatic nitrogens is 3. The molecule has 1 saturated heterocycles. The number of nitrogens with one attached hydrogen (secondary N) is 1. The molecule has 0 bridgehead atoms. The van der Waals surface area contributed by atoms with Crippen molar-refractivity contribution < 1.29 is 9.59 Å². The van der Waals surface area contributed by atoms with E-state index in [4.69, 9.17) is 0 Å². The molecule has 0 aliphatic carbocycles. The van der Waals surface area contributed by atoms with Gasteiger partial charge in [-0.2, -0.15) is 0 Å². The van der Waals surface area contributed by atoms with Crippen LogP contribution in [0.5, 0.6) is 0 Å². The topological polar surface area (TPSA) is 80.1 Å². The molecule has 1 aliphatic rings. The van der Waals surface area contributed by atoms with Crippen molar-refractivity contribution in [2.75, 3.05) is 13.1 Å². The summed E-state index contributed by atoms with van der Waals surface area (Å²) in [5.74, 6) is 0.602. The van der Waals surface area contributed by atoms with Crippen molar-refractivity contribution in [2.24, 2.45) is 0 Å². The molecule has 3 rings (SSSR count). The fraction of sp³-hybridized carbons (Fsp3) is 0.444. The first-order valence-corrected chi connectivity index (χ1v) is 9.65. The molecule has 1 unspecified atom stereocenters. The molecule has 1 fully saturated rings. The summed E-state index contributed by atoms with van der Waals surface area (Å²) in [5.41, 5.74) is 2.17. The van der Waals surface area contributed by atoms with Crippen molar-refractivity contribution in [1.82, 2.24) is 25.0 Å². The van der Waals surface area contributed by atoms with E-state index >= 15 is 0 Å². The highest BCUT2D eigenvalue weighted by molar-refractivity contribution is 8.00. The predicted molar refractivity (Wildman–Crippen MR) is 101 cm³/mol. The lowest BCUT2D eigenvalue weighted by Gasteiger charge is -2.17. The van der Waals surface area contributed by atoms with E-state index in [1.807, 2.05) is 29.7 Å². The molecule has 1 N–H and O–H groups in total. The molecule has 7 nitrogen and oxygen atoms in total. The van der Waals surface area contributed by atoms with E-state index in [9.17, 15) is 9.59 Å². The second kappa shape index (κ2) is 7.90. The Morgan fingerprint density at radius 2 is 2.19 bits per heavy atom. The molecule has 1 aliphatic heterocycles. The number of thioether (sulfide) groups is 1. The molecule has 1 aromatic carbocycles. The molecule has 3 amide bonds. The van der Waals surface area contributed by atoms with Gasteiger partial charge < -0.3 is 9.88 Å². The summed E-state index contributed by atoms with van der Waals surface area (Å²) in [4.78, 5) is 25.5. The van der Waals surface area contributed by atoms with Crippen LogP contribution in [0, 0.1) is 6.92 Å². The number of nitrogens with zero attached hydrogens (tertiary/aromatic N) is 4. The van der Waals surface area contributed by atoms with Gasteiger partial charge in [-0.25, -0.2) is 4.79 Å². The minimum absolute atomic E-state index is 0.201. The number of amides is 3. The maximum absolute atomic E-state index is 12.5. The van der Waals surface area contributed by atoms with Crippen LogP contribution in [0.4, 0.5) is 4.79 Å². The maximum atomic E-state index is 12.5. The highest BCUT2D eigenvalue weighted by Gasteiger charge is 2.31. The van der Waals surface area contributed by atoms with E-state index in [-0.39, 0.29) is 11.9 Å². The van der Waals surface area contributed by atoms with E-state index in [0.717, 1.165) is 29.9 Å². The first-order chi connectivity index (χ1) is 12.5. The molecule has 2 aromatic rings. The Hall–Kier alpha value is -2.35. The zero-order valence-corrected chi connectivity index (χ0v) is 16.0. The highest BCUT2D eigenvalue weighted by atomic mass is 32.2. The van der Waals surface area contributed by atoms with Crippen LogP contribution in [-0.2, 0) is 11.3 Å². The summed E-state index contributed by atoms with van der Waals surface area (Å²) in [5, 5.41) is 11.6. The Bertz CT molecular complexity index is 820. The van der Waals surface area contributed by atoms with Gasteiger partial charge >= 0.3 is 6.03 Å². The van der Waals surface area contributed by atoms with Gasteiger partial charge in [0.2, 0.25) is 5.91 Å². The van der Waals surface area contributed by atoms with E-state index < -0.39 is 5.25 Å². The van der Waals surface area contributed by atoms with Gasteiger partial charge in [-0.05, 0) is 26.3 Å². The van der Waals surface area contributed by atoms with Crippen molar-refractivity contribution in [3.63, 3.8) is 0 Å². The smallest absolute Gasteiger partial charge is 0.324 e. The number of carbonyl (C=O) groups is 2. The van der Waals surface area contributed by atoms with Gasteiger partial charge in [0.15, 0.2) is 11.0 Å². The first kappa shape index (κ1) is 18.4. The van der Waals surface area contributed by atoms with Crippen LogP contribution >= 0.6 is 11.8 Å². The third kappa shape index (κ3) is 3.75. The molecule has 1 aromatic heterocycles. The monoisotopic (exact) mass is 373 g/mol. The van der Waals surface area contributed by atoms with Crippen LogP contribution in [-0.4, -0.2) is 49.9 Å². The molecule has 8 heteroatoms. The Labute approximate surface area is 157 Å². The Morgan fingerprint density at radius 3 is 2.85 bits per heavy atom. The number of urea groups is 1. The minimum Gasteiger partial charge on any atom is -0.336 e. The van der Waals surface area contributed by atoms with Gasteiger partial charge in [-0.15, -0.1) is 10.2 Å². The van der Waals surface area contributed by atoms with Crippen LogP contribution in [0.25, 0.3) is 11.4 Å². The highest BCUT2D eigenvalue weighted by Crippen LogP contribution is 2.28. The number of carbonyl (C=O) groups excluding carboxylic acids is 2. The standard InChI is InChI=1S/C18H23N5O2S/c1-4-9-22-15(14-7-5-6-12(2)11-14)20-21-18(22)26-13(3)16(24)23-10-8-19-17(23)25/h5-7,11,13H,4,8-10H2,1-3H3,(H,19,25). The minimum atomic E-state index is -0.413. The fourth-order valence-corrected chi connectivity index (χ4v) is 3.85. The third-order valence-corrected chi connectivity index (χ3v) is 5.26. The molecule has 1 atom stereocenters. The Morgan fingerprint density at radius 1 is 1.38 bits per heavy atom. The van der Waals surface area contributed by atoms with Crippen molar-refractivity contribution in [2.45, 2.75) is 44.1 Å². The second-order valence-electron chi connectivity index (χ2n) is 6.31. The Kier molecular flexibility index (Phi) is 5.61. The number of hydrogen-bond acceptors (Lipinski definition) is 5. The quantitative estimate of drug-likeness (QED) is 0.788. The van der Waals surface area contributed by atoms with Gasteiger partial charge in [0.1, 0.15) is 0 Å². The molecular formula is C18H23N5O2S. The molecule has 0 saturated carbocycles. The van der Waals surface area contributed by atoms with Crippen LogP contribution in [0.2, 0.25) is 0 Å². The lowest BCUT2D eigenvalue weighted by molar-refractivity contribution is -0.126. The van der Waals surface area contributed by atoms with Gasteiger partial charge in [0.05, 0.1) is 5.25 Å². The number of hydrogen-bond donors (Lipinski definition) is 1. The van der Waals surface area contributed by atoms with E-state index in [1.165, 1.54) is 16.7 Å². The van der Waals surface area contributed by atoms with Gasteiger partial charge in [0.25, 0.3) is 0 Å². The average Bonchev–Trinajstić information content (AvgIpc) is 3.21. The van der Waals surface area contributed by atoms with Crippen LogP contribution in [0.15, 0.2) is 29.4 Å². The molecule has 2 heterocycles. The van der Waals surface area contributed by atoms with Gasteiger partial charge in [-0.3, -0.25) is 9.69 Å². The zero-order valence-electron chi connectivity index (χ0n) is 15.2. The van der Waals surface area contributed by atoms with Crippen LogP contribution in [0.1, 0.15) is 25.8 Å². The molecule has 26 heavy (non-hydrogen) atoms. The van der Waals surface area contributed by atoms with Crippen LogP contribution < -0.4 is 5.32 Å². The third-order valence-electron chi connectivity index (χ3n) is 4.19. The van der Waals surface area contributed by atoms with E-state index in [2.05, 4.69) is 28.5 Å². The number of benzene rings is 1. The average molecular weight is 373 g/mol. The number of imide groups is 1. The zero-order chi connectivity index (χ0) is 18.7. The normalized spacial score (nSPS) is 15.2. The molecular weight excluding hydrogens is 350 g/mol. The summed E-state index contributed by atoms with van der Waals surface area (Å²) >= 11 is 1.34. The van der Waals surface area contributed by atoms with Gasteiger partial charge in [0, 0.05) is 25.2 Å². The fourth-order valence-electron chi connectivity index (χ4n) is 2.91. The van der Waals surface area contributed by atoms with E-state index in [0.29, 0.717) is 18.2 Å². The maximum Gasteiger partial charge on any atom is 0.324 e. The molecule has 0 spiro atoms. The summed E-state index contributed by atoms with van der Waals surface area (Å²) in [6.07, 6.45) is 0.932. The number of rotatable bonds is 6. The number of aryl methyl sites for hydroxylation is 1. The lowest BCUT2D eigenvalue weighted by atomic mass is 10.1. The van der Waals surface area contributed by atoms with Crippen molar-refractivity contribution in [1.29, 1.82) is 0 Å². The largest absolute Gasteiger partial charge is 0.336 e. The van der Waals surface area contributed by atoms with Crippen molar-refractivity contribution >= 4 is 23.7 Å². The van der Waals surface area contributed by atoms with Crippen LogP contribution in [0.3, 0.4) is 0 Å². The summed E-state index contributed by atoms with van der Waals surface area (Å²) < 4.78 is 2.05. The lowest BCUT2D eigenvalue weighted by Crippen LogP contribution is -2.39. The van der Waals surface area contributed by atoms with Gasteiger partial charge in [-0.1, -0.05) is 42.4 Å². The predicted octanol–water partition coefficient (Wildman–Crippen LogP) is 2.70. The van der Waals surface area contributed by atoms with Crippen molar-refractivity contribution in [3.8, 4) is 11.4 Å². The van der Waals surface area contributed by atoms with Crippen molar-refractivity contribution in [3.05, 3.63) is 29.8 Å². The molecule has 138 valence electrons. The summed E-state index contributed by atoms with van der Waals surface area (Å²) in [7, 11) is 0. The summed E-state index contributed by atoms with van der Waals surface area (Å²) in [6.45, 7) is 7.63. The first-order valence-electron chi connectivity index (χ1n) is 8.77. The molecule has 0 radical (unpaired) electrons. The second-order valence-corrected chi connectivity index (χ2v) is 7.62. The van der Waals surface area contributed by atoms with E-state index in [1.54, 1.807) is 6.92 Å². The summed E-state index contributed by atoms with van der Waals surface area (Å²) in [6, 6.07) is 7.81.